The van der Waals surface area contributed by atoms with Crippen molar-refractivity contribution >= 4 is 28.9 Å². The number of rotatable bonds is 6. The summed E-state index contributed by atoms with van der Waals surface area (Å²) in [4.78, 5) is 18.0. The van der Waals surface area contributed by atoms with Gasteiger partial charge in [-0.25, -0.2) is 4.98 Å². The van der Waals surface area contributed by atoms with E-state index in [1.807, 2.05) is 48.7 Å². The van der Waals surface area contributed by atoms with Gasteiger partial charge in [-0.1, -0.05) is 48.2 Å². The number of aromatic amines is 1. The molecule has 0 saturated carbocycles. The van der Waals surface area contributed by atoms with Gasteiger partial charge in [-0.15, -0.1) is 16.4 Å². The Hall–Kier alpha value is -1.92. The van der Waals surface area contributed by atoms with Gasteiger partial charge in [0.05, 0.1) is 5.25 Å². The Labute approximate surface area is 137 Å². The van der Waals surface area contributed by atoms with Crippen molar-refractivity contribution in [1.29, 1.82) is 0 Å². The fourth-order valence-electron chi connectivity index (χ4n) is 2.04. The highest BCUT2D eigenvalue weighted by atomic mass is 32.2. The van der Waals surface area contributed by atoms with Gasteiger partial charge in [-0.3, -0.25) is 9.89 Å². The molecule has 0 aliphatic carbocycles. The lowest BCUT2D eigenvalue weighted by molar-refractivity contribution is 0.0994. The topological polar surface area (TPSA) is 58.6 Å². The number of aromatic nitrogens is 3. The molecule has 0 aliphatic heterocycles. The summed E-state index contributed by atoms with van der Waals surface area (Å²) in [7, 11) is 0. The molecule has 0 radical (unpaired) electrons. The number of hydrogen-bond donors (Lipinski definition) is 1. The number of thioether (sulfide) groups is 1. The number of H-pyrrole nitrogens is 1. The van der Waals surface area contributed by atoms with Gasteiger partial charge < -0.3 is 0 Å². The first-order valence-electron chi connectivity index (χ1n) is 6.92. The molecule has 0 fully saturated rings. The van der Waals surface area contributed by atoms with Crippen LogP contribution in [0.25, 0.3) is 0 Å². The first-order valence-corrected chi connectivity index (χ1v) is 8.68. The molecule has 112 valence electrons. The Kier molecular flexibility index (Phi) is 4.70. The zero-order chi connectivity index (χ0) is 15.4. The number of thiophene rings is 1. The van der Waals surface area contributed by atoms with E-state index in [9.17, 15) is 4.79 Å². The van der Waals surface area contributed by atoms with Crippen molar-refractivity contribution in [3.8, 4) is 0 Å². The fraction of sp³-hybridized carbons (Fsp3) is 0.188. The van der Waals surface area contributed by atoms with Crippen LogP contribution in [0.1, 0.15) is 28.0 Å². The molecule has 2 heterocycles. The van der Waals surface area contributed by atoms with Gasteiger partial charge in [0.2, 0.25) is 5.16 Å². The maximum atomic E-state index is 12.3. The Morgan fingerprint density at radius 3 is 2.82 bits per heavy atom. The average molecular weight is 329 g/mol. The summed E-state index contributed by atoms with van der Waals surface area (Å²) >= 11 is 3.07. The standard InChI is InChI=1S/C16H15N3OS2/c1-11(15(20)12-6-3-2-4-7-12)22-16-17-14(18-19-16)10-13-8-5-9-21-13/h2-9,11H,10H2,1H3,(H,17,18,19). The number of ketones is 1. The van der Waals surface area contributed by atoms with Crippen LogP contribution in [0.4, 0.5) is 0 Å². The van der Waals surface area contributed by atoms with E-state index in [1.54, 1.807) is 11.3 Å². The normalized spacial score (nSPS) is 12.2. The van der Waals surface area contributed by atoms with Crippen LogP contribution in [0.5, 0.6) is 0 Å². The molecular weight excluding hydrogens is 314 g/mol. The molecule has 0 bridgehead atoms. The first kappa shape index (κ1) is 15.0. The van der Waals surface area contributed by atoms with Crippen molar-refractivity contribution in [3.63, 3.8) is 0 Å². The molecule has 0 aliphatic rings. The lowest BCUT2D eigenvalue weighted by atomic mass is 10.1. The second-order valence-electron chi connectivity index (χ2n) is 4.81. The monoisotopic (exact) mass is 329 g/mol. The third kappa shape index (κ3) is 3.64. The number of nitrogens with one attached hydrogen (secondary N) is 1. The molecule has 0 spiro atoms. The highest BCUT2D eigenvalue weighted by Crippen LogP contribution is 2.23. The molecule has 1 unspecified atom stereocenters. The van der Waals surface area contributed by atoms with Crippen molar-refractivity contribution < 1.29 is 4.79 Å². The minimum atomic E-state index is -0.215. The Morgan fingerprint density at radius 1 is 1.27 bits per heavy atom. The molecule has 6 heteroatoms. The summed E-state index contributed by atoms with van der Waals surface area (Å²) < 4.78 is 0. The van der Waals surface area contributed by atoms with E-state index in [-0.39, 0.29) is 11.0 Å². The van der Waals surface area contributed by atoms with E-state index in [1.165, 1.54) is 16.6 Å². The molecular formula is C16H15N3OS2. The van der Waals surface area contributed by atoms with Gasteiger partial charge in [-0.2, -0.15) is 0 Å². The summed E-state index contributed by atoms with van der Waals surface area (Å²) in [6.45, 7) is 1.88. The van der Waals surface area contributed by atoms with Crippen molar-refractivity contribution in [2.45, 2.75) is 23.8 Å². The third-order valence-electron chi connectivity index (χ3n) is 3.14. The fourth-order valence-corrected chi connectivity index (χ4v) is 3.57. The summed E-state index contributed by atoms with van der Waals surface area (Å²) in [5.74, 6) is 0.916. The lowest BCUT2D eigenvalue weighted by Gasteiger charge is -2.07. The van der Waals surface area contributed by atoms with Gasteiger partial charge in [0.15, 0.2) is 5.78 Å². The van der Waals surface area contributed by atoms with Gasteiger partial charge in [-0.05, 0) is 18.4 Å². The summed E-state index contributed by atoms with van der Waals surface area (Å²) in [6, 6.07) is 13.4. The van der Waals surface area contributed by atoms with E-state index in [2.05, 4.69) is 21.2 Å². The molecule has 3 rings (SSSR count). The highest BCUT2D eigenvalue weighted by Gasteiger charge is 2.18. The van der Waals surface area contributed by atoms with Crippen LogP contribution >= 0.6 is 23.1 Å². The lowest BCUT2D eigenvalue weighted by Crippen LogP contribution is -2.13. The molecule has 3 aromatic rings. The SMILES string of the molecule is CC(Sc1n[nH]c(Cc2cccs2)n1)C(=O)c1ccccc1. The number of carbonyl (C=O) groups is 1. The smallest absolute Gasteiger partial charge is 0.209 e. The maximum absolute atomic E-state index is 12.3. The van der Waals surface area contributed by atoms with Crippen LogP contribution in [0.15, 0.2) is 53.0 Å². The van der Waals surface area contributed by atoms with Gasteiger partial charge in [0.25, 0.3) is 0 Å². The Bertz CT molecular complexity index is 738. The predicted octanol–water partition coefficient (Wildman–Crippen LogP) is 3.82. The van der Waals surface area contributed by atoms with Crippen LogP contribution in [-0.2, 0) is 6.42 Å². The average Bonchev–Trinajstić information content (AvgIpc) is 3.20. The Balaban J connectivity index is 1.63. The van der Waals surface area contributed by atoms with E-state index in [4.69, 9.17) is 0 Å². The number of nitrogens with zero attached hydrogens (tertiary/aromatic N) is 2. The number of hydrogen-bond acceptors (Lipinski definition) is 5. The van der Waals surface area contributed by atoms with Crippen LogP contribution in [0.3, 0.4) is 0 Å². The van der Waals surface area contributed by atoms with Gasteiger partial charge in [0.1, 0.15) is 5.82 Å². The van der Waals surface area contributed by atoms with Crippen LogP contribution in [-0.4, -0.2) is 26.2 Å². The molecule has 1 aromatic carbocycles. The zero-order valence-corrected chi connectivity index (χ0v) is 13.7. The maximum Gasteiger partial charge on any atom is 0.209 e. The van der Waals surface area contributed by atoms with E-state index < -0.39 is 0 Å². The molecule has 1 N–H and O–H groups in total. The Morgan fingerprint density at radius 2 is 2.09 bits per heavy atom. The summed E-state index contributed by atoms with van der Waals surface area (Å²) in [6.07, 6.45) is 0.742. The summed E-state index contributed by atoms with van der Waals surface area (Å²) in [5, 5.41) is 9.58. The second-order valence-corrected chi connectivity index (χ2v) is 7.15. The van der Waals surface area contributed by atoms with E-state index in [0.29, 0.717) is 5.16 Å². The molecule has 0 amide bonds. The second kappa shape index (κ2) is 6.89. The largest absolute Gasteiger partial charge is 0.293 e. The van der Waals surface area contributed by atoms with Crippen LogP contribution < -0.4 is 0 Å². The molecule has 0 saturated heterocycles. The first-order chi connectivity index (χ1) is 10.7. The third-order valence-corrected chi connectivity index (χ3v) is 4.98. The van der Waals surface area contributed by atoms with Crippen LogP contribution in [0, 0.1) is 0 Å². The quantitative estimate of drug-likeness (QED) is 0.552. The minimum Gasteiger partial charge on any atom is -0.293 e. The number of Topliss-reactive ketones (excluding diaryl/α,β-unsaturated/α-hetero) is 1. The van der Waals surface area contributed by atoms with Crippen molar-refractivity contribution in [3.05, 3.63) is 64.1 Å². The molecule has 1 atom stereocenters. The van der Waals surface area contributed by atoms with Gasteiger partial charge >= 0.3 is 0 Å². The highest BCUT2D eigenvalue weighted by molar-refractivity contribution is 8.00. The van der Waals surface area contributed by atoms with E-state index in [0.717, 1.165) is 17.8 Å². The van der Waals surface area contributed by atoms with Gasteiger partial charge in [0, 0.05) is 16.9 Å². The zero-order valence-electron chi connectivity index (χ0n) is 12.0. The molecule has 2 aromatic heterocycles. The minimum absolute atomic E-state index is 0.0928. The number of carbonyl (C=O) groups excluding carboxylic acids is 1. The molecule has 22 heavy (non-hydrogen) atoms. The number of benzene rings is 1. The molecule has 4 nitrogen and oxygen atoms in total. The van der Waals surface area contributed by atoms with Crippen molar-refractivity contribution in [2.24, 2.45) is 0 Å². The van der Waals surface area contributed by atoms with Crippen molar-refractivity contribution in [1.82, 2.24) is 15.2 Å². The predicted molar refractivity (Wildman–Crippen MR) is 89.6 cm³/mol. The van der Waals surface area contributed by atoms with E-state index >= 15 is 0 Å². The summed E-state index contributed by atoms with van der Waals surface area (Å²) in [5.41, 5.74) is 0.719. The van der Waals surface area contributed by atoms with Crippen molar-refractivity contribution in [2.75, 3.05) is 0 Å². The van der Waals surface area contributed by atoms with Crippen LogP contribution in [0.2, 0.25) is 0 Å².